The Bertz CT molecular complexity index is 516. The topological polar surface area (TPSA) is 77.0 Å². The van der Waals surface area contributed by atoms with Crippen LogP contribution in [0.4, 0.5) is 0 Å². The Labute approximate surface area is 110 Å². The number of hydrogen-bond donors (Lipinski definition) is 2. The molecule has 19 heavy (non-hydrogen) atoms. The van der Waals surface area contributed by atoms with Crippen LogP contribution in [0.3, 0.4) is 0 Å². The number of benzene rings is 1. The van der Waals surface area contributed by atoms with Crippen molar-refractivity contribution in [2.45, 2.75) is 12.5 Å². The molecule has 0 saturated carbocycles. The fourth-order valence-electron chi connectivity index (χ4n) is 2.55. The number of fused-ring (bicyclic) bond motifs is 1. The number of nitrogens with one attached hydrogen (secondary N) is 1. The highest BCUT2D eigenvalue weighted by Crippen LogP contribution is 2.44. The Kier molecular flexibility index (Phi) is 2.94. The Morgan fingerprint density at radius 2 is 2.32 bits per heavy atom. The van der Waals surface area contributed by atoms with E-state index in [1.54, 1.807) is 13.2 Å². The second-order valence-corrected chi connectivity index (χ2v) is 4.68. The summed E-state index contributed by atoms with van der Waals surface area (Å²) in [5, 5.41) is 12.3. The highest BCUT2D eigenvalue weighted by molar-refractivity contribution is 5.71. The highest BCUT2D eigenvalue weighted by Gasteiger charge is 2.34. The monoisotopic (exact) mass is 265 g/mol. The van der Waals surface area contributed by atoms with Crippen molar-refractivity contribution in [2.24, 2.45) is 5.92 Å². The molecule has 0 spiro atoms. The van der Waals surface area contributed by atoms with E-state index in [0.717, 1.165) is 5.56 Å². The van der Waals surface area contributed by atoms with E-state index < -0.39 is 5.97 Å². The molecule has 0 bridgehead atoms. The van der Waals surface area contributed by atoms with Gasteiger partial charge in [-0.25, -0.2) is 0 Å². The fourth-order valence-corrected chi connectivity index (χ4v) is 2.55. The van der Waals surface area contributed by atoms with Crippen LogP contribution in [0.1, 0.15) is 18.0 Å². The van der Waals surface area contributed by atoms with E-state index in [9.17, 15) is 4.79 Å². The van der Waals surface area contributed by atoms with Crippen LogP contribution in [0.2, 0.25) is 0 Å². The molecule has 3 rings (SSSR count). The minimum absolute atomic E-state index is 0.0494. The molecular formula is C13H15NO5. The first-order valence-corrected chi connectivity index (χ1v) is 6.12. The third-order valence-corrected chi connectivity index (χ3v) is 3.57. The van der Waals surface area contributed by atoms with Gasteiger partial charge < -0.3 is 24.6 Å². The number of ether oxygens (including phenoxy) is 3. The average Bonchev–Trinajstić information content (AvgIpc) is 3.06. The molecule has 2 unspecified atom stereocenters. The summed E-state index contributed by atoms with van der Waals surface area (Å²) in [4.78, 5) is 11.0. The lowest BCUT2D eigenvalue weighted by atomic mass is 9.99. The number of methoxy groups -OCH3 is 1. The van der Waals surface area contributed by atoms with Crippen LogP contribution in [-0.4, -0.2) is 31.5 Å². The lowest BCUT2D eigenvalue weighted by Gasteiger charge is -2.14. The van der Waals surface area contributed by atoms with Crippen molar-refractivity contribution in [3.05, 3.63) is 17.7 Å². The van der Waals surface area contributed by atoms with Crippen molar-refractivity contribution < 1.29 is 24.1 Å². The summed E-state index contributed by atoms with van der Waals surface area (Å²) in [5.41, 5.74) is 0.899. The van der Waals surface area contributed by atoms with E-state index in [1.165, 1.54) is 0 Å². The molecule has 102 valence electrons. The summed E-state index contributed by atoms with van der Waals surface area (Å²) < 4.78 is 16.1. The zero-order chi connectivity index (χ0) is 13.4. The van der Waals surface area contributed by atoms with Gasteiger partial charge in [-0.1, -0.05) is 0 Å². The molecule has 2 N–H and O–H groups in total. The number of hydrogen-bond acceptors (Lipinski definition) is 5. The summed E-state index contributed by atoms with van der Waals surface area (Å²) in [5.74, 6) is 0.875. The summed E-state index contributed by atoms with van der Waals surface area (Å²) in [6.45, 7) is 0.650. The SMILES string of the molecule is COc1cc2c(c(C3CC(C(=O)O)CN3)c1)OCO2. The van der Waals surface area contributed by atoms with Crippen LogP contribution < -0.4 is 19.5 Å². The number of rotatable bonds is 3. The maximum absolute atomic E-state index is 11.0. The van der Waals surface area contributed by atoms with Gasteiger partial charge in [0, 0.05) is 24.2 Å². The Morgan fingerprint density at radius 3 is 3.00 bits per heavy atom. The third kappa shape index (κ3) is 2.08. The smallest absolute Gasteiger partial charge is 0.307 e. The van der Waals surface area contributed by atoms with Gasteiger partial charge >= 0.3 is 5.97 Å². The van der Waals surface area contributed by atoms with Gasteiger partial charge in [-0.2, -0.15) is 0 Å². The van der Waals surface area contributed by atoms with Gasteiger partial charge in [-0.05, 0) is 12.5 Å². The molecule has 0 aromatic heterocycles. The molecule has 2 heterocycles. The zero-order valence-electron chi connectivity index (χ0n) is 10.5. The van der Waals surface area contributed by atoms with Gasteiger partial charge in [0.05, 0.1) is 13.0 Å². The molecule has 1 fully saturated rings. The molecule has 2 atom stereocenters. The van der Waals surface area contributed by atoms with Gasteiger partial charge in [0.25, 0.3) is 0 Å². The fraction of sp³-hybridized carbons (Fsp3) is 0.462. The third-order valence-electron chi connectivity index (χ3n) is 3.57. The lowest BCUT2D eigenvalue weighted by molar-refractivity contribution is -0.141. The van der Waals surface area contributed by atoms with E-state index in [1.807, 2.05) is 6.07 Å². The number of carboxylic acid groups (broad SMARTS) is 1. The maximum atomic E-state index is 11.0. The normalized spacial score (nSPS) is 24.5. The number of aliphatic carboxylic acids is 1. The van der Waals surface area contributed by atoms with Crippen LogP contribution in [-0.2, 0) is 4.79 Å². The lowest BCUT2D eigenvalue weighted by Crippen LogP contribution is -2.17. The van der Waals surface area contributed by atoms with Crippen molar-refractivity contribution in [2.75, 3.05) is 20.4 Å². The molecule has 0 aliphatic carbocycles. The minimum Gasteiger partial charge on any atom is -0.497 e. The summed E-state index contributed by atoms with van der Waals surface area (Å²) in [6, 6.07) is 3.59. The quantitative estimate of drug-likeness (QED) is 0.854. The Morgan fingerprint density at radius 1 is 1.47 bits per heavy atom. The Balaban J connectivity index is 1.92. The van der Waals surface area contributed by atoms with Gasteiger partial charge in [0.2, 0.25) is 6.79 Å². The first-order chi connectivity index (χ1) is 9.19. The van der Waals surface area contributed by atoms with Gasteiger partial charge in [-0.15, -0.1) is 0 Å². The van der Waals surface area contributed by atoms with Crippen molar-refractivity contribution in [3.8, 4) is 17.2 Å². The van der Waals surface area contributed by atoms with E-state index in [4.69, 9.17) is 19.3 Å². The van der Waals surface area contributed by atoms with Gasteiger partial charge in [0.15, 0.2) is 11.5 Å². The predicted octanol–water partition coefficient (Wildman–Crippen LogP) is 1.16. The highest BCUT2D eigenvalue weighted by atomic mass is 16.7. The van der Waals surface area contributed by atoms with Gasteiger partial charge in [0.1, 0.15) is 5.75 Å². The molecule has 1 aromatic rings. The summed E-state index contributed by atoms with van der Waals surface area (Å²) in [7, 11) is 1.59. The summed E-state index contributed by atoms with van der Waals surface area (Å²) >= 11 is 0. The van der Waals surface area contributed by atoms with Crippen LogP contribution in [0.15, 0.2) is 12.1 Å². The van der Waals surface area contributed by atoms with Crippen molar-refractivity contribution in [1.82, 2.24) is 5.32 Å². The molecule has 1 aromatic carbocycles. The van der Waals surface area contributed by atoms with E-state index in [2.05, 4.69) is 5.32 Å². The first-order valence-electron chi connectivity index (χ1n) is 6.12. The minimum atomic E-state index is -0.772. The van der Waals surface area contributed by atoms with Crippen molar-refractivity contribution >= 4 is 5.97 Å². The maximum Gasteiger partial charge on any atom is 0.307 e. The van der Waals surface area contributed by atoms with Crippen LogP contribution >= 0.6 is 0 Å². The number of carbonyl (C=O) groups is 1. The molecule has 6 heteroatoms. The standard InChI is InChI=1S/C13H15NO5/c1-17-8-3-9(12-11(4-8)18-6-19-12)10-2-7(5-14-10)13(15)16/h3-4,7,10,14H,2,5-6H2,1H3,(H,15,16). The predicted molar refractivity (Wildman–Crippen MR) is 65.6 cm³/mol. The average molecular weight is 265 g/mol. The Hall–Kier alpha value is -1.95. The van der Waals surface area contributed by atoms with Gasteiger partial charge in [-0.3, -0.25) is 4.79 Å². The van der Waals surface area contributed by atoms with E-state index >= 15 is 0 Å². The van der Waals surface area contributed by atoms with Crippen LogP contribution in [0.25, 0.3) is 0 Å². The molecule has 0 amide bonds. The molecule has 6 nitrogen and oxygen atoms in total. The van der Waals surface area contributed by atoms with Crippen molar-refractivity contribution in [1.29, 1.82) is 0 Å². The van der Waals surface area contributed by atoms with E-state index in [-0.39, 0.29) is 18.8 Å². The first kappa shape index (κ1) is 12.1. The molecule has 2 aliphatic rings. The molecule has 2 aliphatic heterocycles. The van der Waals surface area contributed by atoms with Crippen molar-refractivity contribution in [3.63, 3.8) is 0 Å². The largest absolute Gasteiger partial charge is 0.497 e. The number of carboxylic acids is 1. The second kappa shape index (κ2) is 4.62. The molecular weight excluding hydrogens is 250 g/mol. The van der Waals surface area contributed by atoms with E-state index in [0.29, 0.717) is 30.2 Å². The van der Waals surface area contributed by atoms with Crippen LogP contribution in [0, 0.1) is 5.92 Å². The molecule has 1 saturated heterocycles. The second-order valence-electron chi connectivity index (χ2n) is 4.68. The zero-order valence-corrected chi connectivity index (χ0v) is 10.5. The summed E-state index contributed by atoms with van der Waals surface area (Å²) in [6.07, 6.45) is 0.540. The molecule has 0 radical (unpaired) electrons. The van der Waals surface area contributed by atoms with Crippen LogP contribution in [0.5, 0.6) is 17.2 Å².